The lowest BCUT2D eigenvalue weighted by atomic mass is 10.1. The van der Waals surface area contributed by atoms with Gasteiger partial charge >= 0.3 is 6.03 Å². The Hall–Kier alpha value is -2.14. The van der Waals surface area contributed by atoms with Gasteiger partial charge in [-0.05, 0) is 56.6 Å². The Balaban J connectivity index is 1.49. The molecule has 1 atom stereocenters. The summed E-state index contributed by atoms with van der Waals surface area (Å²) in [6.45, 7) is 2.51. The normalized spacial score (nSPS) is 18.0. The number of pyridine rings is 1. The van der Waals surface area contributed by atoms with Gasteiger partial charge in [0.25, 0.3) is 0 Å². The van der Waals surface area contributed by atoms with Crippen LogP contribution in [0.1, 0.15) is 24.8 Å². The van der Waals surface area contributed by atoms with Gasteiger partial charge < -0.3 is 15.1 Å². The minimum Gasteiger partial charge on any atom is -0.338 e. The van der Waals surface area contributed by atoms with Gasteiger partial charge in [0, 0.05) is 37.8 Å². The number of hydrogen-bond acceptors (Lipinski definition) is 3. The number of carbonyl (C=O) groups is 1. The van der Waals surface area contributed by atoms with Crippen molar-refractivity contribution in [1.82, 2.24) is 20.1 Å². The van der Waals surface area contributed by atoms with Crippen molar-refractivity contribution in [2.24, 2.45) is 0 Å². The van der Waals surface area contributed by atoms with Crippen LogP contribution in [0.2, 0.25) is 0 Å². The Kier molecular flexibility index (Phi) is 5.30. The van der Waals surface area contributed by atoms with Gasteiger partial charge in [0.05, 0.1) is 5.52 Å². The van der Waals surface area contributed by atoms with E-state index in [0.717, 1.165) is 29.4 Å². The number of nitrogens with zero attached hydrogens (tertiary/aromatic N) is 3. The van der Waals surface area contributed by atoms with Crippen molar-refractivity contribution in [1.29, 1.82) is 0 Å². The minimum atomic E-state index is -0.0121. The summed E-state index contributed by atoms with van der Waals surface area (Å²) in [4.78, 5) is 20.7. The summed E-state index contributed by atoms with van der Waals surface area (Å²) in [6.07, 6.45) is 5.33. The fourth-order valence-corrected chi connectivity index (χ4v) is 3.39. The molecule has 2 amide bonds. The van der Waals surface area contributed by atoms with Crippen molar-refractivity contribution >= 4 is 16.9 Å². The van der Waals surface area contributed by atoms with Gasteiger partial charge in [0.15, 0.2) is 0 Å². The topological polar surface area (TPSA) is 48.5 Å². The third-order valence-electron chi connectivity index (χ3n) is 4.86. The molecule has 0 spiro atoms. The summed E-state index contributed by atoms with van der Waals surface area (Å²) in [7, 11) is 4.00. The van der Waals surface area contributed by atoms with Gasteiger partial charge in [-0.3, -0.25) is 4.98 Å². The molecule has 0 unspecified atom stereocenters. The molecule has 1 N–H and O–H groups in total. The zero-order valence-corrected chi connectivity index (χ0v) is 14.5. The first-order valence-electron chi connectivity index (χ1n) is 8.66. The maximum atomic E-state index is 12.3. The number of rotatable bonds is 5. The number of nitrogens with one attached hydrogen (secondary N) is 1. The lowest BCUT2D eigenvalue weighted by Crippen LogP contribution is -2.39. The zero-order valence-electron chi connectivity index (χ0n) is 14.5. The summed E-state index contributed by atoms with van der Waals surface area (Å²) < 4.78 is 0. The van der Waals surface area contributed by atoms with E-state index in [9.17, 15) is 4.79 Å². The van der Waals surface area contributed by atoms with Crippen molar-refractivity contribution in [3.8, 4) is 0 Å². The van der Waals surface area contributed by atoms with Gasteiger partial charge in [-0.2, -0.15) is 0 Å². The first-order valence-corrected chi connectivity index (χ1v) is 8.66. The molecule has 5 heteroatoms. The van der Waals surface area contributed by atoms with E-state index in [-0.39, 0.29) is 6.03 Å². The van der Waals surface area contributed by atoms with Crippen LogP contribution < -0.4 is 5.32 Å². The Morgan fingerprint density at radius 2 is 2.29 bits per heavy atom. The van der Waals surface area contributed by atoms with Crippen LogP contribution in [-0.2, 0) is 6.54 Å². The minimum absolute atomic E-state index is 0.0121. The second-order valence-corrected chi connectivity index (χ2v) is 6.68. The van der Waals surface area contributed by atoms with E-state index in [1.165, 1.54) is 19.4 Å². The van der Waals surface area contributed by atoms with Gasteiger partial charge in [-0.15, -0.1) is 0 Å². The van der Waals surface area contributed by atoms with Crippen molar-refractivity contribution in [3.05, 3.63) is 42.1 Å². The lowest BCUT2D eigenvalue weighted by molar-refractivity contribution is 0.205. The Morgan fingerprint density at radius 1 is 1.42 bits per heavy atom. The number of likely N-dealkylation sites (tertiary alicyclic amines) is 1. The van der Waals surface area contributed by atoms with Crippen LogP contribution in [0.4, 0.5) is 4.79 Å². The lowest BCUT2D eigenvalue weighted by Gasteiger charge is -2.21. The molecule has 3 rings (SSSR count). The SMILES string of the molecule is CN(Cc1ccc2ncccc2c1)C(=O)NCC[C@H]1CCCN1C. The van der Waals surface area contributed by atoms with E-state index in [0.29, 0.717) is 12.6 Å². The van der Waals surface area contributed by atoms with Crippen molar-refractivity contribution < 1.29 is 4.79 Å². The summed E-state index contributed by atoms with van der Waals surface area (Å²) in [5, 5.41) is 4.14. The van der Waals surface area contributed by atoms with Crippen molar-refractivity contribution in [2.75, 3.05) is 27.2 Å². The molecule has 0 aliphatic carbocycles. The van der Waals surface area contributed by atoms with Crippen LogP contribution in [0.15, 0.2) is 36.5 Å². The highest BCUT2D eigenvalue weighted by molar-refractivity contribution is 5.79. The number of fused-ring (bicyclic) bond motifs is 1. The van der Waals surface area contributed by atoms with E-state index in [4.69, 9.17) is 0 Å². The average Bonchev–Trinajstić information content (AvgIpc) is 2.99. The van der Waals surface area contributed by atoms with Crippen LogP contribution in [0.5, 0.6) is 0 Å². The van der Waals surface area contributed by atoms with E-state index < -0.39 is 0 Å². The third-order valence-corrected chi connectivity index (χ3v) is 4.86. The second kappa shape index (κ2) is 7.62. The number of benzene rings is 1. The number of amides is 2. The quantitative estimate of drug-likeness (QED) is 0.919. The molecule has 2 aromatic rings. The van der Waals surface area contributed by atoms with E-state index in [1.54, 1.807) is 11.1 Å². The predicted octanol–water partition coefficient (Wildman–Crippen LogP) is 2.86. The Bertz CT molecular complexity index is 703. The van der Waals surface area contributed by atoms with Gasteiger partial charge in [0.1, 0.15) is 0 Å². The molecule has 1 saturated heterocycles. The fourth-order valence-electron chi connectivity index (χ4n) is 3.39. The van der Waals surface area contributed by atoms with Crippen molar-refractivity contribution in [2.45, 2.75) is 31.8 Å². The largest absolute Gasteiger partial charge is 0.338 e. The number of urea groups is 1. The molecular weight excluding hydrogens is 300 g/mol. The Labute approximate surface area is 143 Å². The first kappa shape index (κ1) is 16.7. The van der Waals surface area contributed by atoms with Gasteiger partial charge in [-0.1, -0.05) is 12.1 Å². The van der Waals surface area contributed by atoms with Gasteiger partial charge in [-0.25, -0.2) is 4.79 Å². The van der Waals surface area contributed by atoms with Crippen LogP contribution >= 0.6 is 0 Å². The molecule has 1 aliphatic rings. The smallest absolute Gasteiger partial charge is 0.317 e. The molecule has 0 radical (unpaired) electrons. The summed E-state index contributed by atoms with van der Waals surface area (Å²) in [6, 6.07) is 10.7. The summed E-state index contributed by atoms with van der Waals surface area (Å²) in [5.74, 6) is 0. The highest BCUT2D eigenvalue weighted by atomic mass is 16.2. The third kappa shape index (κ3) is 4.03. The maximum absolute atomic E-state index is 12.3. The summed E-state index contributed by atoms with van der Waals surface area (Å²) in [5.41, 5.74) is 2.10. The monoisotopic (exact) mass is 326 g/mol. The van der Waals surface area contributed by atoms with Gasteiger partial charge in [0.2, 0.25) is 0 Å². The molecule has 0 bridgehead atoms. The second-order valence-electron chi connectivity index (χ2n) is 6.68. The highest BCUT2D eigenvalue weighted by Crippen LogP contribution is 2.17. The summed E-state index contributed by atoms with van der Waals surface area (Å²) >= 11 is 0. The number of aromatic nitrogens is 1. The average molecular weight is 326 g/mol. The van der Waals surface area contributed by atoms with E-state index in [2.05, 4.69) is 28.3 Å². The molecule has 1 aliphatic heterocycles. The zero-order chi connectivity index (χ0) is 16.9. The standard InChI is InChI=1S/C19H26N4O/c1-22-12-4-6-17(22)9-11-21-19(24)23(2)14-15-7-8-18-16(13-15)5-3-10-20-18/h3,5,7-8,10,13,17H,4,6,9,11-12,14H2,1-2H3,(H,21,24)/t17-/m1/s1. The molecule has 2 heterocycles. The van der Waals surface area contributed by atoms with E-state index in [1.807, 2.05) is 31.3 Å². The number of carbonyl (C=O) groups excluding carboxylic acids is 1. The molecular formula is C19H26N4O. The first-order chi connectivity index (χ1) is 11.6. The van der Waals surface area contributed by atoms with Crippen LogP contribution in [0, 0.1) is 0 Å². The van der Waals surface area contributed by atoms with E-state index >= 15 is 0 Å². The molecule has 0 saturated carbocycles. The fraction of sp³-hybridized carbons (Fsp3) is 0.474. The molecule has 24 heavy (non-hydrogen) atoms. The predicted molar refractivity (Wildman–Crippen MR) is 96.9 cm³/mol. The van der Waals surface area contributed by atoms with Crippen LogP contribution in [-0.4, -0.2) is 54.0 Å². The Morgan fingerprint density at radius 3 is 3.08 bits per heavy atom. The molecule has 1 aromatic heterocycles. The molecule has 5 nitrogen and oxygen atoms in total. The van der Waals surface area contributed by atoms with Crippen molar-refractivity contribution in [3.63, 3.8) is 0 Å². The molecule has 1 aromatic carbocycles. The van der Waals surface area contributed by atoms with Crippen LogP contribution in [0.25, 0.3) is 10.9 Å². The molecule has 1 fully saturated rings. The molecule has 128 valence electrons. The number of hydrogen-bond donors (Lipinski definition) is 1. The highest BCUT2D eigenvalue weighted by Gasteiger charge is 2.20. The van der Waals surface area contributed by atoms with Crippen LogP contribution in [0.3, 0.4) is 0 Å². The maximum Gasteiger partial charge on any atom is 0.317 e.